The van der Waals surface area contributed by atoms with Crippen molar-refractivity contribution < 1.29 is 14.3 Å². The Morgan fingerprint density at radius 1 is 1.33 bits per heavy atom. The van der Waals surface area contributed by atoms with Gasteiger partial charge < -0.3 is 15.4 Å². The van der Waals surface area contributed by atoms with Gasteiger partial charge in [-0.2, -0.15) is 0 Å². The molecule has 1 rings (SSSR count). The van der Waals surface area contributed by atoms with Gasteiger partial charge in [-0.1, -0.05) is 6.07 Å². The number of nitrogens with zero attached hydrogens (tertiary/aromatic N) is 1. The lowest BCUT2D eigenvalue weighted by Gasteiger charge is -2.19. The molecule has 2 amide bonds. The van der Waals surface area contributed by atoms with Crippen LogP contribution in [-0.4, -0.2) is 30.9 Å². The molecule has 98 valence electrons. The van der Waals surface area contributed by atoms with E-state index < -0.39 is 11.8 Å². The van der Waals surface area contributed by atoms with Gasteiger partial charge in [-0.15, -0.1) is 0 Å². The van der Waals surface area contributed by atoms with Crippen LogP contribution < -0.4 is 10.5 Å². The van der Waals surface area contributed by atoms with Crippen LogP contribution in [0.2, 0.25) is 0 Å². The molecule has 0 saturated carbocycles. The van der Waals surface area contributed by atoms with Gasteiger partial charge in [-0.25, -0.2) is 0 Å². The van der Waals surface area contributed by atoms with E-state index in [1.807, 2.05) is 26.0 Å². The Morgan fingerprint density at radius 2 is 1.94 bits per heavy atom. The van der Waals surface area contributed by atoms with E-state index in [1.165, 1.54) is 11.9 Å². The Labute approximate surface area is 107 Å². The fourth-order valence-corrected chi connectivity index (χ4v) is 1.84. The molecular formula is C13H18N2O3. The van der Waals surface area contributed by atoms with Crippen molar-refractivity contribution in [3.05, 3.63) is 28.8 Å². The predicted molar refractivity (Wildman–Crippen MR) is 68.1 cm³/mol. The second kappa shape index (κ2) is 5.53. The summed E-state index contributed by atoms with van der Waals surface area (Å²) in [7, 11) is 3.11. The molecule has 0 aliphatic rings. The summed E-state index contributed by atoms with van der Waals surface area (Å²) in [6, 6.07) is 3.89. The molecule has 0 fully saturated rings. The Balaban J connectivity index is 3.04. The first-order valence-corrected chi connectivity index (χ1v) is 5.55. The highest BCUT2D eigenvalue weighted by Crippen LogP contribution is 2.25. The molecule has 0 radical (unpaired) electrons. The number of hydrogen-bond donors (Lipinski definition) is 1. The number of benzene rings is 1. The molecule has 2 N–H and O–H groups in total. The molecule has 1 aromatic carbocycles. The second-order valence-electron chi connectivity index (χ2n) is 4.29. The van der Waals surface area contributed by atoms with Crippen LogP contribution in [0.4, 0.5) is 0 Å². The first-order valence-electron chi connectivity index (χ1n) is 5.55. The van der Waals surface area contributed by atoms with Crippen LogP contribution in [0.25, 0.3) is 0 Å². The number of likely N-dealkylation sites (N-methyl/N-ethyl adjacent to an activating group) is 1. The molecule has 18 heavy (non-hydrogen) atoms. The van der Waals surface area contributed by atoms with E-state index in [9.17, 15) is 9.59 Å². The molecule has 0 unspecified atom stereocenters. The van der Waals surface area contributed by atoms with Crippen LogP contribution in [-0.2, 0) is 16.1 Å². The third-order valence-electron chi connectivity index (χ3n) is 2.75. The monoisotopic (exact) mass is 250 g/mol. The van der Waals surface area contributed by atoms with Crippen molar-refractivity contribution in [1.29, 1.82) is 0 Å². The summed E-state index contributed by atoms with van der Waals surface area (Å²) in [5.74, 6) is -0.963. The number of nitrogens with two attached hydrogens (primary N) is 1. The Morgan fingerprint density at radius 3 is 2.44 bits per heavy atom. The minimum absolute atomic E-state index is 0.289. The number of carbonyl (C=O) groups excluding carboxylic acids is 2. The summed E-state index contributed by atoms with van der Waals surface area (Å²) in [6.45, 7) is 4.20. The maximum Gasteiger partial charge on any atom is 0.311 e. The van der Waals surface area contributed by atoms with Gasteiger partial charge in [-0.3, -0.25) is 9.59 Å². The molecule has 0 saturated heterocycles. The molecule has 5 heteroatoms. The van der Waals surface area contributed by atoms with Gasteiger partial charge in [-0.05, 0) is 31.0 Å². The molecule has 0 aromatic heterocycles. The standard InChI is InChI=1S/C13H18N2O3/c1-8-5-9(2)10(11(6-8)18-4)7-15(3)13(17)12(14)16/h5-6H,7H2,1-4H3,(H2,14,16). The van der Waals surface area contributed by atoms with Gasteiger partial charge >= 0.3 is 11.8 Å². The minimum atomic E-state index is -0.957. The number of methoxy groups -OCH3 is 1. The van der Waals surface area contributed by atoms with Crippen LogP contribution in [0.5, 0.6) is 5.75 Å². The zero-order valence-electron chi connectivity index (χ0n) is 11.1. The van der Waals surface area contributed by atoms with Crippen LogP contribution in [0.1, 0.15) is 16.7 Å². The minimum Gasteiger partial charge on any atom is -0.496 e. The first kappa shape index (κ1) is 14.0. The fourth-order valence-electron chi connectivity index (χ4n) is 1.84. The van der Waals surface area contributed by atoms with Crippen molar-refractivity contribution in [2.24, 2.45) is 5.73 Å². The van der Waals surface area contributed by atoms with E-state index in [4.69, 9.17) is 10.5 Å². The summed E-state index contributed by atoms with van der Waals surface area (Å²) in [5.41, 5.74) is 7.93. The van der Waals surface area contributed by atoms with Crippen LogP contribution in [0.15, 0.2) is 12.1 Å². The fraction of sp³-hybridized carbons (Fsp3) is 0.385. The highest BCUT2D eigenvalue weighted by Gasteiger charge is 2.18. The van der Waals surface area contributed by atoms with Crippen molar-refractivity contribution in [2.45, 2.75) is 20.4 Å². The van der Waals surface area contributed by atoms with Crippen LogP contribution in [0.3, 0.4) is 0 Å². The number of carbonyl (C=O) groups is 2. The zero-order chi connectivity index (χ0) is 13.9. The largest absolute Gasteiger partial charge is 0.496 e. The van der Waals surface area contributed by atoms with Gasteiger partial charge in [0.25, 0.3) is 0 Å². The quantitative estimate of drug-likeness (QED) is 0.805. The number of primary amides is 1. The molecule has 0 aliphatic carbocycles. The maximum absolute atomic E-state index is 11.4. The van der Waals surface area contributed by atoms with E-state index in [-0.39, 0.29) is 6.54 Å². The smallest absolute Gasteiger partial charge is 0.311 e. The average Bonchev–Trinajstić information content (AvgIpc) is 2.30. The molecular weight excluding hydrogens is 232 g/mol. The van der Waals surface area contributed by atoms with Gasteiger partial charge in [0.05, 0.1) is 7.11 Å². The number of hydrogen-bond acceptors (Lipinski definition) is 3. The Kier molecular flexibility index (Phi) is 4.31. The van der Waals surface area contributed by atoms with Gasteiger partial charge in [0.15, 0.2) is 0 Å². The normalized spacial score (nSPS) is 10.0. The van der Waals surface area contributed by atoms with Crippen molar-refractivity contribution in [1.82, 2.24) is 4.90 Å². The maximum atomic E-state index is 11.4. The first-order chi connectivity index (χ1) is 8.36. The lowest BCUT2D eigenvalue weighted by Crippen LogP contribution is -2.37. The summed E-state index contributed by atoms with van der Waals surface area (Å²) in [4.78, 5) is 23.5. The van der Waals surface area contributed by atoms with Crippen molar-refractivity contribution in [3.8, 4) is 5.75 Å². The molecule has 0 aliphatic heterocycles. The SMILES string of the molecule is COc1cc(C)cc(C)c1CN(C)C(=O)C(N)=O. The average molecular weight is 250 g/mol. The second-order valence-corrected chi connectivity index (χ2v) is 4.29. The van der Waals surface area contributed by atoms with Gasteiger partial charge in [0.2, 0.25) is 0 Å². The van der Waals surface area contributed by atoms with Crippen LogP contribution >= 0.6 is 0 Å². The summed E-state index contributed by atoms with van der Waals surface area (Å²) >= 11 is 0. The summed E-state index contributed by atoms with van der Waals surface area (Å²) in [5, 5.41) is 0. The number of ether oxygens (including phenoxy) is 1. The van der Waals surface area contributed by atoms with E-state index in [2.05, 4.69) is 0 Å². The van der Waals surface area contributed by atoms with Crippen molar-refractivity contribution in [2.75, 3.05) is 14.2 Å². The van der Waals surface area contributed by atoms with E-state index in [0.717, 1.165) is 16.7 Å². The topological polar surface area (TPSA) is 72.6 Å². The van der Waals surface area contributed by atoms with Gasteiger partial charge in [0.1, 0.15) is 5.75 Å². The molecule has 0 spiro atoms. The van der Waals surface area contributed by atoms with E-state index >= 15 is 0 Å². The lowest BCUT2D eigenvalue weighted by molar-refractivity contribution is -0.143. The Bertz CT molecular complexity index is 483. The van der Waals surface area contributed by atoms with Crippen LogP contribution in [0, 0.1) is 13.8 Å². The molecule has 0 bridgehead atoms. The number of amides is 2. The third-order valence-corrected chi connectivity index (χ3v) is 2.75. The zero-order valence-corrected chi connectivity index (χ0v) is 11.1. The number of aryl methyl sites for hydroxylation is 2. The highest BCUT2D eigenvalue weighted by atomic mass is 16.5. The third kappa shape index (κ3) is 3.00. The molecule has 5 nitrogen and oxygen atoms in total. The number of rotatable bonds is 3. The molecule has 1 aromatic rings. The van der Waals surface area contributed by atoms with Crippen molar-refractivity contribution >= 4 is 11.8 Å². The highest BCUT2D eigenvalue weighted by molar-refractivity contribution is 6.34. The molecule has 0 heterocycles. The van der Waals surface area contributed by atoms with E-state index in [0.29, 0.717) is 5.75 Å². The van der Waals surface area contributed by atoms with Gasteiger partial charge in [0, 0.05) is 19.2 Å². The lowest BCUT2D eigenvalue weighted by atomic mass is 10.0. The molecule has 0 atom stereocenters. The Hall–Kier alpha value is -2.04. The summed E-state index contributed by atoms with van der Waals surface area (Å²) in [6.07, 6.45) is 0. The predicted octanol–water partition coefficient (Wildman–Crippen LogP) is 0.756. The summed E-state index contributed by atoms with van der Waals surface area (Å²) < 4.78 is 5.29. The van der Waals surface area contributed by atoms with Crippen molar-refractivity contribution in [3.63, 3.8) is 0 Å². The van der Waals surface area contributed by atoms with E-state index in [1.54, 1.807) is 7.11 Å².